The van der Waals surface area contributed by atoms with E-state index in [1.807, 2.05) is 13.0 Å². The molecule has 6 nitrogen and oxygen atoms in total. The quantitative estimate of drug-likeness (QED) is 0.646. The number of fused-ring (bicyclic) bond motifs is 1. The Bertz CT molecular complexity index is 1120. The van der Waals surface area contributed by atoms with E-state index in [1.165, 1.54) is 12.1 Å². The summed E-state index contributed by atoms with van der Waals surface area (Å²) in [6.07, 6.45) is 4.07. The maximum absolute atomic E-state index is 14.1. The van der Waals surface area contributed by atoms with Crippen molar-refractivity contribution in [1.29, 1.82) is 0 Å². The lowest BCUT2D eigenvalue weighted by Gasteiger charge is -2.38. The first-order valence-corrected chi connectivity index (χ1v) is 11.3. The van der Waals surface area contributed by atoms with Crippen LogP contribution in [-0.2, 0) is 6.54 Å². The van der Waals surface area contributed by atoms with Crippen molar-refractivity contribution in [2.75, 3.05) is 36.4 Å². The zero-order valence-electron chi connectivity index (χ0n) is 18.5. The summed E-state index contributed by atoms with van der Waals surface area (Å²) in [5.74, 6) is 1.40. The Morgan fingerprint density at radius 2 is 1.81 bits per heavy atom. The van der Waals surface area contributed by atoms with E-state index >= 15 is 0 Å². The Labute approximate surface area is 186 Å². The van der Waals surface area contributed by atoms with Gasteiger partial charge in [0.25, 0.3) is 0 Å². The Balaban J connectivity index is 1.34. The molecular formula is C24H28F2N6. The molecule has 0 spiro atoms. The predicted octanol–water partition coefficient (Wildman–Crippen LogP) is 4.14. The smallest absolute Gasteiger partial charge is 0.172 e. The molecule has 2 aliphatic rings. The SMILES string of the molecule is Cc1cc2nc(NC3CC(C)C3)c(N3CCN(Cc4ccc(F)cc4F)CC3)nc2cn1. The van der Waals surface area contributed by atoms with Gasteiger partial charge in [0.15, 0.2) is 11.6 Å². The summed E-state index contributed by atoms with van der Waals surface area (Å²) in [4.78, 5) is 18.6. The second-order valence-corrected chi connectivity index (χ2v) is 9.13. The molecule has 2 fully saturated rings. The summed E-state index contributed by atoms with van der Waals surface area (Å²) in [6, 6.07) is 6.19. The van der Waals surface area contributed by atoms with Crippen molar-refractivity contribution in [2.45, 2.75) is 39.3 Å². The monoisotopic (exact) mass is 438 g/mol. The van der Waals surface area contributed by atoms with Crippen LogP contribution in [-0.4, -0.2) is 52.1 Å². The van der Waals surface area contributed by atoms with Crippen LogP contribution in [0.5, 0.6) is 0 Å². The number of benzene rings is 1. The fraction of sp³-hybridized carbons (Fsp3) is 0.458. The standard InChI is InChI=1S/C24H28F2N6/c1-15-9-19(10-15)28-23-24(30-22-13-27-16(2)11-21(22)29-23)32-7-5-31(6-8-32)14-17-3-4-18(25)12-20(17)26/h3-4,11-13,15,19H,5-10,14H2,1-2H3,(H,28,29). The zero-order valence-corrected chi connectivity index (χ0v) is 18.5. The first-order chi connectivity index (χ1) is 15.4. The van der Waals surface area contributed by atoms with Crippen molar-refractivity contribution in [2.24, 2.45) is 5.92 Å². The van der Waals surface area contributed by atoms with E-state index in [-0.39, 0.29) is 0 Å². The number of anilines is 2. The molecule has 5 rings (SSSR count). The van der Waals surface area contributed by atoms with E-state index in [0.717, 1.165) is 79.4 Å². The average molecular weight is 439 g/mol. The number of pyridine rings is 1. The number of hydrogen-bond acceptors (Lipinski definition) is 6. The molecule has 1 aromatic carbocycles. The summed E-state index contributed by atoms with van der Waals surface area (Å²) in [6.45, 7) is 7.75. The molecule has 0 radical (unpaired) electrons. The molecule has 1 aliphatic carbocycles. The van der Waals surface area contributed by atoms with Gasteiger partial charge in [-0.3, -0.25) is 9.88 Å². The lowest BCUT2D eigenvalue weighted by Crippen LogP contribution is -2.47. The molecule has 168 valence electrons. The highest BCUT2D eigenvalue weighted by Crippen LogP contribution is 2.33. The van der Waals surface area contributed by atoms with Crippen molar-refractivity contribution in [3.8, 4) is 0 Å². The molecule has 2 aromatic heterocycles. The summed E-state index contributed by atoms with van der Waals surface area (Å²) >= 11 is 0. The molecule has 32 heavy (non-hydrogen) atoms. The maximum atomic E-state index is 14.1. The molecule has 0 amide bonds. The third kappa shape index (κ3) is 4.37. The van der Waals surface area contributed by atoms with E-state index in [9.17, 15) is 8.78 Å². The normalized spacial score (nSPS) is 21.6. The number of aromatic nitrogens is 3. The number of rotatable bonds is 5. The Kier molecular flexibility index (Phi) is 5.63. The number of nitrogens with zero attached hydrogens (tertiary/aromatic N) is 5. The van der Waals surface area contributed by atoms with Crippen LogP contribution in [0.1, 0.15) is 31.0 Å². The number of aryl methyl sites for hydroxylation is 1. The molecule has 1 aliphatic heterocycles. The molecule has 1 N–H and O–H groups in total. The van der Waals surface area contributed by atoms with Crippen molar-refractivity contribution in [3.63, 3.8) is 0 Å². The number of nitrogens with one attached hydrogen (secondary N) is 1. The van der Waals surface area contributed by atoms with Gasteiger partial charge in [-0.05, 0) is 37.8 Å². The van der Waals surface area contributed by atoms with Crippen LogP contribution in [0, 0.1) is 24.5 Å². The Morgan fingerprint density at radius 3 is 2.53 bits per heavy atom. The summed E-state index contributed by atoms with van der Waals surface area (Å²) < 4.78 is 27.2. The largest absolute Gasteiger partial charge is 0.364 e. The molecule has 8 heteroatoms. The van der Waals surface area contributed by atoms with Crippen molar-refractivity contribution in [3.05, 3.63) is 53.4 Å². The minimum Gasteiger partial charge on any atom is -0.364 e. The Morgan fingerprint density at radius 1 is 1.03 bits per heavy atom. The minimum atomic E-state index is -0.545. The topological polar surface area (TPSA) is 57.2 Å². The van der Waals surface area contributed by atoms with Crippen LogP contribution >= 0.6 is 0 Å². The van der Waals surface area contributed by atoms with Crippen LogP contribution in [0.2, 0.25) is 0 Å². The summed E-state index contributed by atoms with van der Waals surface area (Å²) in [7, 11) is 0. The molecule has 1 saturated heterocycles. The summed E-state index contributed by atoms with van der Waals surface area (Å²) in [5, 5.41) is 3.62. The van der Waals surface area contributed by atoms with Gasteiger partial charge in [0, 0.05) is 56.1 Å². The van der Waals surface area contributed by atoms with Crippen LogP contribution in [0.25, 0.3) is 11.0 Å². The molecule has 0 bridgehead atoms. The third-order valence-electron chi connectivity index (χ3n) is 6.46. The molecule has 0 unspecified atom stereocenters. The average Bonchev–Trinajstić information content (AvgIpc) is 2.75. The van der Waals surface area contributed by atoms with Gasteiger partial charge in [-0.15, -0.1) is 0 Å². The van der Waals surface area contributed by atoms with Gasteiger partial charge in [-0.1, -0.05) is 13.0 Å². The summed E-state index contributed by atoms with van der Waals surface area (Å²) in [5.41, 5.74) is 3.08. The van der Waals surface area contributed by atoms with Crippen molar-refractivity contribution < 1.29 is 8.78 Å². The number of piperazine rings is 1. The number of hydrogen-bond donors (Lipinski definition) is 1. The lowest BCUT2D eigenvalue weighted by molar-refractivity contribution is 0.246. The van der Waals surface area contributed by atoms with E-state index in [0.29, 0.717) is 18.2 Å². The predicted molar refractivity (Wildman–Crippen MR) is 122 cm³/mol. The highest BCUT2D eigenvalue weighted by atomic mass is 19.1. The molecule has 3 aromatic rings. The highest BCUT2D eigenvalue weighted by molar-refractivity contribution is 5.80. The van der Waals surface area contributed by atoms with Crippen LogP contribution in [0.3, 0.4) is 0 Å². The van der Waals surface area contributed by atoms with Gasteiger partial charge in [0.2, 0.25) is 0 Å². The highest BCUT2D eigenvalue weighted by Gasteiger charge is 2.28. The first-order valence-electron chi connectivity index (χ1n) is 11.3. The van der Waals surface area contributed by atoms with Gasteiger partial charge in [0.1, 0.15) is 17.2 Å². The molecular weight excluding hydrogens is 410 g/mol. The van der Waals surface area contributed by atoms with Gasteiger partial charge < -0.3 is 10.2 Å². The van der Waals surface area contributed by atoms with E-state index < -0.39 is 11.6 Å². The number of halogens is 2. The fourth-order valence-electron chi connectivity index (χ4n) is 4.59. The van der Waals surface area contributed by atoms with Gasteiger partial charge in [-0.2, -0.15) is 0 Å². The minimum absolute atomic E-state index is 0.432. The Hall–Kier alpha value is -2.87. The maximum Gasteiger partial charge on any atom is 0.172 e. The van der Waals surface area contributed by atoms with Crippen LogP contribution in [0.4, 0.5) is 20.4 Å². The fourth-order valence-corrected chi connectivity index (χ4v) is 4.59. The van der Waals surface area contributed by atoms with Crippen molar-refractivity contribution >= 4 is 22.7 Å². The van der Waals surface area contributed by atoms with Crippen LogP contribution in [0.15, 0.2) is 30.5 Å². The van der Waals surface area contributed by atoms with Gasteiger partial charge >= 0.3 is 0 Å². The van der Waals surface area contributed by atoms with E-state index in [2.05, 4.69) is 27.0 Å². The lowest BCUT2D eigenvalue weighted by atomic mass is 9.82. The van der Waals surface area contributed by atoms with Gasteiger partial charge in [-0.25, -0.2) is 18.7 Å². The molecule has 0 atom stereocenters. The van der Waals surface area contributed by atoms with Gasteiger partial charge in [0.05, 0.1) is 11.7 Å². The van der Waals surface area contributed by atoms with Crippen molar-refractivity contribution in [1.82, 2.24) is 19.9 Å². The van der Waals surface area contributed by atoms with Crippen LogP contribution < -0.4 is 10.2 Å². The van der Waals surface area contributed by atoms with E-state index in [4.69, 9.17) is 9.97 Å². The van der Waals surface area contributed by atoms with E-state index in [1.54, 1.807) is 6.20 Å². The third-order valence-corrected chi connectivity index (χ3v) is 6.46. The second kappa shape index (κ2) is 8.58. The zero-order chi connectivity index (χ0) is 22.2. The molecule has 3 heterocycles. The second-order valence-electron chi connectivity index (χ2n) is 9.13. The molecule has 1 saturated carbocycles. The first kappa shape index (κ1) is 21.0.